The predicted molar refractivity (Wildman–Crippen MR) is 144 cm³/mol. The lowest BCUT2D eigenvalue weighted by atomic mass is 9.76. The van der Waals surface area contributed by atoms with E-state index < -0.39 is 0 Å². The third-order valence-corrected chi connectivity index (χ3v) is 7.52. The summed E-state index contributed by atoms with van der Waals surface area (Å²) in [6.45, 7) is 7.50. The Balaban J connectivity index is 1.36. The van der Waals surface area contributed by atoms with Crippen LogP contribution in [-0.4, -0.2) is 61.0 Å². The third kappa shape index (κ3) is 5.58. The van der Waals surface area contributed by atoms with E-state index in [1.54, 1.807) is 19.2 Å². The monoisotopic (exact) mass is 503 g/mol. The van der Waals surface area contributed by atoms with Crippen LogP contribution in [0.3, 0.4) is 0 Å². The normalized spacial score (nSPS) is 26.0. The minimum Gasteiger partial charge on any atom is -0.493 e. The summed E-state index contributed by atoms with van der Waals surface area (Å²) in [6.07, 6.45) is 6.34. The van der Waals surface area contributed by atoms with Gasteiger partial charge in [0.25, 0.3) is 0 Å². The van der Waals surface area contributed by atoms with Gasteiger partial charge in [0.1, 0.15) is 0 Å². The molecule has 1 aliphatic carbocycles. The number of morpholine rings is 1. The van der Waals surface area contributed by atoms with Gasteiger partial charge in [-0.05, 0) is 56.0 Å². The average Bonchev–Trinajstić information content (AvgIpc) is 2.90. The van der Waals surface area contributed by atoms with Crippen molar-refractivity contribution in [2.24, 2.45) is 16.9 Å². The molecule has 2 aliphatic heterocycles. The molecule has 5 rings (SSSR count). The molecule has 1 fully saturated rings. The SMILES string of the molecule is COc1ccc(C2=NN(Cc3ccc(CN4C[C@H](C)O[C@@H](C)C4)cc3)C(=O)[C@@H]3CC=CC[C@H]23)cc1OC. The molecule has 4 atom stereocenters. The number of fused-ring (bicyclic) bond motifs is 1. The molecule has 7 heteroatoms. The van der Waals surface area contributed by atoms with E-state index in [-0.39, 0.29) is 30.0 Å². The molecule has 0 aromatic heterocycles. The van der Waals surface area contributed by atoms with Gasteiger partial charge in [-0.3, -0.25) is 9.69 Å². The van der Waals surface area contributed by atoms with Crippen LogP contribution in [0.2, 0.25) is 0 Å². The molecule has 2 heterocycles. The largest absolute Gasteiger partial charge is 0.493 e. The summed E-state index contributed by atoms with van der Waals surface area (Å²) < 4.78 is 16.8. The van der Waals surface area contributed by atoms with Crippen molar-refractivity contribution in [1.82, 2.24) is 9.91 Å². The van der Waals surface area contributed by atoms with Crippen molar-refractivity contribution in [3.8, 4) is 11.5 Å². The standard InChI is InChI=1S/C30H37N3O4/c1-20-16-32(17-21(2)37-20)18-22-9-11-23(12-10-22)19-33-30(34)26-8-6-5-7-25(26)29(31-33)24-13-14-27(35-3)28(15-24)36-4/h5-6,9-15,20-21,25-26H,7-8,16-19H2,1-4H3/t20-,21-,25-,26+/m0/s1. The number of nitrogens with zero attached hydrogens (tertiary/aromatic N) is 3. The van der Waals surface area contributed by atoms with Crippen molar-refractivity contribution >= 4 is 11.6 Å². The van der Waals surface area contributed by atoms with Crippen molar-refractivity contribution in [1.29, 1.82) is 0 Å². The van der Waals surface area contributed by atoms with Gasteiger partial charge in [-0.2, -0.15) is 5.10 Å². The first kappa shape index (κ1) is 25.5. The van der Waals surface area contributed by atoms with E-state index in [1.165, 1.54) is 5.56 Å². The molecule has 0 saturated carbocycles. The zero-order valence-electron chi connectivity index (χ0n) is 22.2. The molecule has 0 radical (unpaired) electrons. The first-order valence-electron chi connectivity index (χ1n) is 13.2. The molecular weight excluding hydrogens is 466 g/mol. The van der Waals surface area contributed by atoms with Gasteiger partial charge >= 0.3 is 0 Å². The fourth-order valence-corrected chi connectivity index (χ4v) is 5.81. The zero-order valence-corrected chi connectivity index (χ0v) is 22.2. The highest BCUT2D eigenvalue weighted by Crippen LogP contribution is 2.37. The lowest BCUT2D eigenvalue weighted by Gasteiger charge is -2.37. The van der Waals surface area contributed by atoms with E-state index in [1.807, 2.05) is 18.2 Å². The molecule has 0 unspecified atom stereocenters. The topological polar surface area (TPSA) is 63.6 Å². The predicted octanol–water partition coefficient (Wildman–Crippen LogP) is 4.64. The molecule has 7 nitrogen and oxygen atoms in total. The Labute approximate surface area is 219 Å². The van der Waals surface area contributed by atoms with Crippen LogP contribution in [0.15, 0.2) is 59.7 Å². The minimum atomic E-state index is -0.102. The molecule has 2 aromatic carbocycles. The zero-order chi connectivity index (χ0) is 25.9. The Kier molecular flexibility index (Phi) is 7.63. The van der Waals surface area contributed by atoms with Gasteiger partial charge in [-0.15, -0.1) is 0 Å². The Hall–Kier alpha value is -3.16. The lowest BCUT2D eigenvalue weighted by molar-refractivity contribution is -0.138. The van der Waals surface area contributed by atoms with E-state index in [4.69, 9.17) is 19.3 Å². The first-order valence-corrected chi connectivity index (χ1v) is 13.2. The van der Waals surface area contributed by atoms with E-state index >= 15 is 0 Å². The number of carbonyl (C=O) groups excluding carboxylic acids is 1. The average molecular weight is 504 g/mol. The number of amides is 1. The highest BCUT2D eigenvalue weighted by Gasteiger charge is 2.40. The van der Waals surface area contributed by atoms with Gasteiger partial charge in [0.15, 0.2) is 11.5 Å². The van der Waals surface area contributed by atoms with Gasteiger partial charge in [0.05, 0.1) is 44.6 Å². The lowest BCUT2D eigenvalue weighted by Crippen LogP contribution is -2.45. The van der Waals surface area contributed by atoms with Crippen LogP contribution in [-0.2, 0) is 22.6 Å². The number of ether oxygens (including phenoxy) is 3. The van der Waals surface area contributed by atoms with Crippen molar-refractivity contribution in [2.45, 2.75) is 52.0 Å². The van der Waals surface area contributed by atoms with Crippen molar-refractivity contribution in [3.05, 3.63) is 71.3 Å². The Morgan fingerprint density at radius 3 is 2.14 bits per heavy atom. The summed E-state index contributed by atoms with van der Waals surface area (Å²) in [5, 5.41) is 6.58. The highest BCUT2D eigenvalue weighted by atomic mass is 16.5. The summed E-state index contributed by atoms with van der Waals surface area (Å²) >= 11 is 0. The second kappa shape index (κ2) is 11.1. The molecule has 196 valence electrons. The van der Waals surface area contributed by atoms with Crippen molar-refractivity contribution < 1.29 is 19.0 Å². The van der Waals surface area contributed by atoms with Gasteiger partial charge < -0.3 is 14.2 Å². The third-order valence-electron chi connectivity index (χ3n) is 7.52. The molecule has 0 spiro atoms. The number of hydrogen-bond donors (Lipinski definition) is 0. The second-order valence-corrected chi connectivity index (χ2v) is 10.4. The van der Waals surface area contributed by atoms with E-state index in [0.29, 0.717) is 18.0 Å². The summed E-state index contributed by atoms with van der Waals surface area (Å²) in [7, 11) is 3.27. The van der Waals surface area contributed by atoms with Crippen LogP contribution in [0.5, 0.6) is 11.5 Å². The van der Waals surface area contributed by atoms with Crippen LogP contribution in [0, 0.1) is 11.8 Å². The maximum atomic E-state index is 13.5. The minimum absolute atomic E-state index is 0.0625. The molecule has 0 N–H and O–H groups in total. The maximum Gasteiger partial charge on any atom is 0.247 e. The quantitative estimate of drug-likeness (QED) is 0.515. The molecule has 1 amide bonds. The maximum absolute atomic E-state index is 13.5. The van der Waals surface area contributed by atoms with E-state index in [2.05, 4.69) is 55.2 Å². The van der Waals surface area contributed by atoms with Crippen LogP contribution in [0.4, 0.5) is 0 Å². The van der Waals surface area contributed by atoms with Crippen LogP contribution in [0.25, 0.3) is 0 Å². The van der Waals surface area contributed by atoms with Crippen LogP contribution in [0.1, 0.15) is 43.4 Å². The summed E-state index contributed by atoms with van der Waals surface area (Å²) in [4.78, 5) is 15.9. The molecule has 2 aromatic rings. The van der Waals surface area contributed by atoms with E-state index in [0.717, 1.165) is 49.3 Å². The Morgan fingerprint density at radius 1 is 0.865 bits per heavy atom. The van der Waals surface area contributed by atoms with Gasteiger partial charge in [-0.1, -0.05) is 36.4 Å². The van der Waals surface area contributed by atoms with Crippen molar-refractivity contribution in [3.63, 3.8) is 0 Å². The molecular formula is C30H37N3O4. The molecule has 37 heavy (non-hydrogen) atoms. The van der Waals surface area contributed by atoms with Crippen molar-refractivity contribution in [2.75, 3.05) is 27.3 Å². The van der Waals surface area contributed by atoms with Crippen LogP contribution >= 0.6 is 0 Å². The summed E-state index contributed by atoms with van der Waals surface area (Å²) in [6, 6.07) is 14.4. The smallest absolute Gasteiger partial charge is 0.247 e. The number of benzene rings is 2. The molecule has 1 saturated heterocycles. The van der Waals surface area contributed by atoms with Gasteiger partial charge in [-0.25, -0.2) is 5.01 Å². The number of methoxy groups -OCH3 is 2. The Morgan fingerprint density at radius 2 is 1.49 bits per heavy atom. The number of hydrazone groups is 1. The number of rotatable bonds is 7. The molecule has 3 aliphatic rings. The van der Waals surface area contributed by atoms with Gasteiger partial charge in [0, 0.05) is 31.1 Å². The Bertz CT molecular complexity index is 1170. The second-order valence-electron chi connectivity index (χ2n) is 10.4. The fourth-order valence-electron chi connectivity index (χ4n) is 5.81. The fraction of sp³-hybridized carbons (Fsp3) is 0.467. The first-order chi connectivity index (χ1) is 17.9. The number of allylic oxidation sites excluding steroid dienone is 2. The molecule has 0 bridgehead atoms. The number of hydrogen-bond acceptors (Lipinski definition) is 6. The van der Waals surface area contributed by atoms with E-state index in [9.17, 15) is 4.79 Å². The van der Waals surface area contributed by atoms with Gasteiger partial charge in [0.2, 0.25) is 5.91 Å². The summed E-state index contributed by atoms with van der Waals surface area (Å²) in [5.41, 5.74) is 4.23. The van der Waals surface area contributed by atoms with Crippen LogP contribution < -0.4 is 9.47 Å². The number of carbonyl (C=O) groups is 1. The summed E-state index contributed by atoms with van der Waals surface area (Å²) in [5.74, 6) is 1.40. The highest BCUT2D eigenvalue weighted by molar-refractivity contribution is 6.07.